The molecule has 2 amide bonds. The minimum atomic E-state index is -0.360. The number of rotatable bonds is 4. The lowest BCUT2D eigenvalue weighted by Crippen LogP contribution is -2.32. The second kappa shape index (κ2) is 6.37. The molecule has 17 heavy (non-hydrogen) atoms. The second-order valence-corrected chi connectivity index (χ2v) is 4.36. The zero-order chi connectivity index (χ0) is 12.8. The molecule has 0 radical (unpaired) electrons. The molecule has 1 saturated carbocycles. The van der Waals surface area contributed by atoms with E-state index in [2.05, 4.69) is 5.32 Å². The number of hydrogen-bond acceptors (Lipinski definition) is 4. The molecule has 0 spiro atoms. The molecule has 1 fully saturated rings. The van der Waals surface area contributed by atoms with Gasteiger partial charge in [-0.25, -0.2) is 0 Å². The summed E-state index contributed by atoms with van der Waals surface area (Å²) in [5.74, 6) is -1.06. The molecular weight excluding hydrogens is 222 g/mol. The monoisotopic (exact) mass is 241 g/mol. The first-order valence-electron chi connectivity index (χ1n) is 6.01. The maximum atomic E-state index is 11.6. The molecule has 96 valence electrons. The molecule has 0 bridgehead atoms. The molecule has 0 aromatic carbocycles. The molecule has 0 aliphatic heterocycles. The number of carbonyl (C=O) groups excluding carboxylic acids is 3. The Morgan fingerprint density at radius 3 is 2.59 bits per heavy atom. The molecular formula is C12H19NO4. The number of nitrogens with one attached hydrogen (secondary N) is 1. The van der Waals surface area contributed by atoms with Crippen LogP contribution in [0.3, 0.4) is 0 Å². The SMILES string of the molecule is CCOC(=O)C1CCCC1CC(=O)NC(C)=O. The molecule has 5 heteroatoms. The van der Waals surface area contributed by atoms with Crippen LogP contribution < -0.4 is 5.32 Å². The molecule has 0 saturated heterocycles. The van der Waals surface area contributed by atoms with E-state index >= 15 is 0 Å². The van der Waals surface area contributed by atoms with Crippen LogP contribution in [0.5, 0.6) is 0 Å². The van der Waals surface area contributed by atoms with E-state index in [4.69, 9.17) is 4.74 Å². The standard InChI is InChI=1S/C12H19NO4/c1-3-17-12(16)10-6-4-5-9(10)7-11(15)13-8(2)14/h9-10H,3-7H2,1-2H3,(H,13,14,15). The topological polar surface area (TPSA) is 72.5 Å². The third-order valence-corrected chi connectivity index (χ3v) is 3.01. The van der Waals surface area contributed by atoms with Gasteiger partial charge in [-0.3, -0.25) is 19.7 Å². The van der Waals surface area contributed by atoms with Gasteiger partial charge in [-0.1, -0.05) is 6.42 Å². The number of esters is 1. The molecule has 0 aromatic rings. The molecule has 1 aliphatic rings. The highest BCUT2D eigenvalue weighted by Crippen LogP contribution is 2.34. The number of ether oxygens (including phenoxy) is 1. The van der Waals surface area contributed by atoms with Crippen molar-refractivity contribution in [2.45, 2.75) is 39.5 Å². The van der Waals surface area contributed by atoms with E-state index < -0.39 is 0 Å². The van der Waals surface area contributed by atoms with E-state index in [0.717, 1.165) is 19.3 Å². The highest BCUT2D eigenvalue weighted by Gasteiger charge is 2.35. The molecule has 1 aliphatic carbocycles. The zero-order valence-electron chi connectivity index (χ0n) is 10.3. The van der Waals surface area contributed by atoms with Crippen LogP contribution in [-0.2, 0) is 19.1 Å². The lowest BCUT2D eigenvalue weighted by molar-refractivity contribution is -0.149. The minimum Gasteiger partial charge on any atom is -0.466 e. The molecule has 1 N–H and O–H groups in total. The summed E-state index contributed by atoms with van der Waals surface area (Å²) in [5, 5.41) is 2.23. The van der Waals surface area contributed by atoms with Crippen LogP contribution in [-0.4, -0.2) is 24.4 Å². The van der Waals surface area contributed by atoms with Gasteiger partial charge >= 0.3 is 5.97 Å². The maximum Gasteiger partial charge on any atom is 0.309 e. The Morgan fingerprint density at radius 1 is 1.29 bits per heavy atom. The highest BCUT2D eigenvalue weighted by molar-refractivity contribution is 5.94. The van der Waals surface area contributed by atoms with Crippen molar-refractivity contribution in [1.29, 1.82) is 0 Å². The fourth-order valence-corrected chi connectivity index (χ4v) is 2.33. The van der Waals surface area contributed by atoms with Crippen molar-refractivity contribution < 1.29 is 19.1 Å². The highest BCUT2D eigenvalue weighted by atomic mass is 16.5. The van der Waals surface area contributed by atoms with Gasteiger partial charge in [0.15, 0.2) is 0 Å². The van der Waals surface area contributed by atoms with Gasteiger partial charge < -0.3 is 4.74 Å². The Labute approximate surface area is 101 Å². The predicted octanol–water partition coefficient (Wildman–Crippen LogP) is 1.02. The summed E-state index contributed by atoms with van der Waals surface area (Å²) in [4.78, 5) is 33.8. The van der Waals surface area contributed by atoms with E-state index in [-0.39, 0.29) is 36.0 Å². The molecule has 2 atom stereocenters. The van der Waals surface area contributed by atoms with Gasteiger partial charge in [-0.05, 0) is 25.7 Å². The number of carbonyl (C=O) groups is 3. The average Bonchev–Trinajstić information content (AvgIpc) is 2.64. The van der Waals surface area contributed by atoms with Crippen LogP contribution in [0, 0.1) is 11.8 Å². The van der Waals surface area contributed by atoms with Crippen molar-refractivity contribution in [1.82, 2.24) is 5.32 Å². The van der Waals surface area contributed by atoms with Gasteiger partial charge in [0, 0.05) is 13.3 Å². The Morgan fingerprint density at radius 2 is 2.00 bits per heavy atom. The van der Waals surface area contributed by atoms with Crippen LogP contribution in [0.15, 0.2) is 0 Å². The van der Waals surface area contributed by atoms with Crippen molar-refractivity contribution in [3.8, 4) is 0 Å². The smallest absolute Gasteiger partial charge is 0.309 e. The lowest BCUT2D eigenvalue weighted by atomic mass is 9.92. The van der Waals surface area contributed by atoms with Crippen LogP contribution in [0.25, 0.3) is 0 Å². The zero-order valence-corrected chi connectivity index (χ0v) is 10.3. The van der Waals surface area contributed by atoms with Gasteiger partial charge in [-0.15, -0.1) is 0 Å². The van der Waals surface area contributed by atoms with Crippen LogP contribution in [0.1, 0.15) is 39.5 Å². The Balaban J connectivity index is 2.49. The molecule has 0 heterocycles. The van der Waals surface area contributed by atoms with Crippen molar-refractivity contribution in [2.75, 3.05) is 6.61 Å². The van der Waals surface area contributed by atoms with Gasteiger partial charge in [0.2, 0.25) is 11.8 Å². The number of amides is 2. The van der Waals surface area contributed by atoms with Crippen LogP contribution in [0.4, 0.5) is 0 Å². The quantitative estimate of drug-likeness (QED) is 0.746. The third kappa shape index (κ3) is 4.17. The third-order valence-electron chi connectivity index (χ3n) is 3.01. The second-order valence-electron chi connectivity index (χ2n) is 4.36. The summed E-state index contributed by atoms with van der Waals surface area (Å²) in [7, 11) is 0. The summed E-state index contributed by atoms with van der Waals surface area (Å²) in [6, 6.07) is 0. The van der Waals surface area contributed by atoms with E-state index in [1.54, 1.807) is 6.92 Å². The lowest BCUT2D eigenvalue weighted by Gasteiger charge is -2.17. The van der Waals surface area contributed by atoms with Gasteiger partial charge in [0.25, 0.3) is 0 Å². The molecule has 2 unspecified atom stereocenters. The first-order chi connectivity index (χ1) is 8.04. The fourth-order valence-electron chi connectivity index (χ4n) is 2.33. The van der Waals surface area contributed by atoms with Crippen molar-refractivity contribution in [3.05, 3.63) is 0 Å². The Kier molecular flexibility index (Phi) is 5.12. The fraction of sp³-hybridized carbons (Fsp3) is 0.750. The number of imide groups is 1. The van der Waals surface area contributed by atoms with Crippen LogP contribution >= 0.6 is 0 Å². The van der Waals surface area contributed by atoms with Crippen molar-refractivity contribution in [2.24, 2.45) is 11.8 Å². The number of hydrogen-bond donors (Lipinski definition) is 1. The van der Waals surface area contributed by atoms with Gasteiger partial charge in [-0.2, -0.15) is 0 Å². The first-order valence-corrected chi connectivity index (χ1v) is 6.01. The summed E-state index contributed by atoms with van der Waals surface area (Å²) in [6.45, 7) is 3.43. The van der Waals surface area contributed by atoms with Gasteiger partial charge in [0.1, 0.15) is 0 Å². The molecule has 1 rings (SSSR count). The van der Waals surface area contributed by atoms with E-state index in [9.17, 15) is 14.4 Å². The predicted molar refractivity (Wildman–Crippen MR) is 60.9 cm³/mol. The average molecular weight is 241 g/mol. The largest absolute Gasteiger partial charge is 0.466 e. The Bertz CT molecular complexity index is 314. The molecule has 0 aromatic heterocycles. The summed E-state index contributed by atoms with van der Waals surface area (Å²) < 4.78 is 4.98. The summed E-state index contributed by atoms with van der Waals surface area (Å²) in [6.07, 6.45) is 2.77. The van der Waals surface area contributed by atoms with Gasteiger partial charge in [0.05, 0.1) is 12.5 Å². The van der Waals surface area contributed by atoms with Crippen molar-refractivity contribution in [3.63, 3.8) is 0 Å². The van der Waals surface area contributed by atoms with Crippen molar-refractivity contribution >= 4 is 17.8 Å². The maximum absolute atomic E-state index is 11.6. The summed E-state index contributed by atoms with van der Waals surface area (Å²) in [5.41, 5.74) is 0. The van der Waals surface area contributed by atoms with E-state index in [1.165, 1.54) is 6.92 Å². The Hall–Kier alpha value is -1.39. The van der Waals surface area contributed by atoms with Crippen LogP contribution in [0.2, 0.25) is 0 Å². The van der Waals surface area contributed by atoms with E-state index in [0.29, 0.717) is 6.61 Å². The minimum absolute atomic E-state index is 0.00778. The normalized spacial score (nSPS) is 23.2. The summed E-state index contributed by atoms with van der Waals surface area (Å²) >= 11 is 0. The molecule has 5 nitrogen and oxygen atoms in total. The first kappa shape index (κ1) is 13.7. The van der Waals surface area contributed by atoms with E-state index in [1.807, 2.05) is 0 Å².